The largest absolute Gasteiger partial charge is 0.385 e. The Morgan fingerprint density at radius 1 is 1.06 bits per heavy atom. The molecule has 1 saturated carbocycles. The van der Waals surface area contributed by atoms with Crippen molar-refractivity contribution in [1.82, 2.24) is 9.91 Å². The molecule has 0 unspecified atom stereocenters. The van der Waals surface area contributed by atoms with Crippen LogP contribution >= 0.6 is 0 Å². The van der Waals surface area contributed by atoms with E-state index in [9.17, 15) is 0 Å². The molecule has 4 nitrogen and oxygen atoms in total. The lowest BCUT2D eigenvalue weighted by molar-refractivity contribution is 0.157. The Morgan fingerprint density at radius 3 is 2.31 bits per heavy atom. The number of hydrazone groups is 1. The molecule has 0 aromatic rings. The van der Waals surface area contributed by atoms with E-state index >= 15 is 0 Å². The van der Waals surface area contributed by atoms with E-state index in [1.54, 1.807) is 0 Å². The van der Waals surface area contributed by atoms with Crippen molar-refractivity contribution >= 4 is 5.84 Å². The highest BCUT2D eigenvalue weighted by Crippen LogP contribution is 2.23. The molecule has 1 saturated heterocycles. The first-order valence-electron chi connectivity index (χ1n) is 6.53. The van der Waals surface area contributed by atoms with Crippen molar-refractivity contribution in [1.29, 1.82) is 0 Å². The topological polar surface area (TPSA) is 44.9 Å². The quantitative estimate of drug-likeness (QED) is 0.564. The number of amidine groups is 1. The number of hydrogen-bond acceptors (Lipinski definition) is 3. The summed E-state index contributed by atoms with van der Waals surface area (Å²) >= 11 is 0. The first-order valence-corrected chi connectivity index (χ1v) is 6.53. The monoisotopic (exact) mass is 224 g/mol. The van der Waals surface area contributed by atoms with E-state index in [-0.39, 0.29) is 0 Å². The number of nitrogens with two attached hydrogens (primary N) is 1. The van der Waals surface area contributed by atoms with Gasteiger partial charge in [0.2, 0.25) is 0 Å². The second-order valence-corrected chi connectivity index (χ2v) is 5.12. The fourth-order valence-electron chi connectivity index (χ4n) is 2.54. The van der Waals surface area contributed by atoms with Gasteiger partial charge in [-0.15, -0.1) is 0 Å². The normalized spacial score (nSPS) is 26.1. The number of nitrogens with zero attached hydrogens (tertiary/aromatic N) is 3. The van der Waals surface area contributed by atoms with Crippen molar-refractivity contribution in [2.45, 2.75) is 32.1 Å². The third-order valence-corrected chi connectivity index (χ3v) is 3.76. The molecule has 92 valence electrons. The van der Waals surface area contributed by atoms with Crippen LogP contribution in [-0.4, -0.2) is 49.0 Å². The lowest BCUT2D eigenvalue weighted by atomic mass is 9.88. The summed E-state index contributed by atoms with van der Waals surface area (Å²) in [6.07, 6.45) is 6.50. The molecular formula is C12H24N4. The SMILES string of the molecule is CN1CCN(/N=C(\N)C2CCCCC2)CC1. The molecule has 2 rings (SSSR count). The molecule has 16 heavy (non-hydrogen) atoms. The maximum atomic E-state index is 6.11. The zero-order valence-electron chi connectivity index (χ0n) is 10.4. The standard InChI is InChI=1S/C12H24N4/c1-15-7-9-16(10-8-15)14-12(13)11-5-3-2-4-6-11/h11H,2-10H2,1H3,(H2,13,14). The molecule has 1 aliphatic carbocycles. The lowest BCUT2D eigenvalue weighted by Crippen LogP contribution is -2.43. The fourth-order valence-corrected chi connectivity index (χ4v) is 2.54. The maximum Gasteiger partial charge on any atom is 0.122 e. The molecule has 0 aromatic heterocycles. The van der Waals surface area contributed by atoms with Gasteiger partial charge in [-0.25, -0.2) is 0 Å². The molecule has 0 amide bonds. The Morgan fingerprint density at radius 2 is 1.69 bits per heavy atom. The summed E-state index contributed by atoms with van der Waals surface area (Å²) in [4.78, 5) is 2.34. The van der Waals surface area contributed by atoms with Gasteiger partial charge in [0.05, 0.1) is 0 Å². The Bertz CT molecular complexity index is 237. The van der Waals surface area contributed by atoms with Crippen molar-refractivity contribution in [2.24, 2.45) is 16.8 Å². The van der Waals surface area contributed by atoms with Gasteiger partial charge in [-0.3, -0.25) is 5.01 Å². The molecule has 2 fully saturated rings. The first kappa shape index (κ1) is 11.7. The number of rotatable bonds is 2. The molecule has 0 spiro atoms. The number of piperazine rings is 1. The number of likely N-dealkylation sites (N-methyl/N-ethyl adjacent to an activating group) is 1. The van der Waals surface area contributed by atoms with E-state index in [4.69, 9.17) is 5.73 Å². The van der Waals surface area contributed by atoms with Crippen LogP contribution in [0.2, 0.25) is 0 Å². The third-order valence-electron chi connectivity index (χ3n) is 3.76. The highest BCUT2D eigenvalue weighted by molar-refractivity contribution is 5.82. The van der Waals surface area contributed by atoms with Crippen LogP contribution in [0.3, 0.4) is 0 Å². The molecule has 4 heteroatoms. The predicted octanol–water partition coefficient (Wildman–Crippen LogP) is 1.09. The third kappa shape index (κ3) is 3.11. The molecule has 1 heterocycles. The molecule has 0 bridgehead atoms. The Hall–Kier alpha value is -0.770. The Kier molecular flexibility index (Phi) is 4.04. The summed E-state index contributed by atoms with van der Waals surface area (Å²) in [5, 5.41) is 6.74. The van der Waals surface area contributed by atoms with Gasteiger partial charge >= 0.3 is 0 Å². The molecule has 2 aliphatic rings. The summed E-state index contributed by atoms with van der Waals surface area (Å²) < 4.78 is 0. The van der Waals surface area contributed by atoms with E-state index in [1.807, 2.05) is 0 Å². The van der Waals surface area contributed by atoms with Crippen LogP contribution in [0.15, 0.2) is 5.10 Å². The minimum Gasteiger partial charge on any atom is -0.385 e. The van der Waals surface area contributed by atoms with Gasteiger partial charge in [0.25, 0.3) is 0 Å². The van der Waals surface area contributed by atoms with Gasteiger partial charge in [0.1, 0.15) is 5.84 Å². The van der Waals surface area contributed by atoms with Crippen LogP contribution in [0, 0.1) is 5.92 Å². The predicted molar refractivity (Wildman–Crippen MR) is 67.3 cm³/mol. The van der Waals surface area contributed by atoms with Crippen LogP contribution in [-0.2, 0) is 0 Å². The van der Waals surface area contributed by atoms with E-state index in [2.05, 4.69) is 22.1 Å². The smallest absolute Gasteiger partial charge is 0.122 e. The van der Waals surface area contributed by atoms with E-state index in [1.165, 1.54) is 32.1 Å². The highest BCUT2D eigenvalue weighted by atomic mass is 15.5. The Balaban J connectivity index is 1.85. The van der Waals surface area contributed by atoms with Crippen molar-refractivity contribution in [3.05, 3.63) is 0 Å². The minimum atomic E-state index is 0.549. The second-order valence-electron chi connectivity index (χ2n) is 5.12. The molecular weight excluding hydrogens is 200 g/mol. The van der Waals surface area contributed by atoms with Crippen LogP contribution < -0.4 is 5.73 Å². The van der Waals surface area contributed by atoms with Crippen LogP contribution in [0.25, 0.3) is 0 Å². The van der Waals surface area contributed by atoms with Gasteiger partial charge in [0.15, 0.2) is 0 Å². The van der Waals surface area contributed by atoms with E-state index in [0.717, 1.165) is 32.0 Å². The van der Waals surface area contributed by atoms with Crippen molar-refractivity contribution < 1.29 is 0 Å². The zero-order valence-corrected chi connectivity index (χ0v) is 10.4. The van der Waals surface area contributed by atoms with E-state index < -0.39 is 0 Å². The summed E-state index contributed by atoms with van der Waals surface area (Å²) in [5.41, 5.74) is 6.11. The summed E-state index contributed by atoms with van der Waals surface area (Å²) in [6, 6.07) is 0. The second kappa shape index (κ2) is 5.53. The first-order chi connectivity index (χ1) is 7.75. The maximum absolute atomic E-state index is 6.11. The van der Waals surface area contributed by atoms with Crippen LogP contribution in [0.1, 0.15) is 32.1 Å². The van der Waals surface area contributed by atoms with Gasteiger partial charge in [-0.2, -0.15) is 5.10 Å². The summed E-state index contributed by atoms with van der Waals surface area (Å²) in [6.45, 7) is 4.23. The van der Waals surface area contributed by atoms with Crippen molar-refractivity contribution in [2.75, 3.05) is 33.2 Å². The van der Waals surface area contributed by atoms with Crippen LogP contribution in [0.5, 0.6) is 0 Å². The Labute approximate surface area is 98.5 Å². The minimum absolute atomic E-state index is 0.549. The summed E-state index contributed by atoms with van der Waals surface area (Å²) in [5.74, 6) is 1.43. The summed E-state index contributed by atoms with van der Waals surface area (Å²) in [7, 11) is 2.16. The lowest BCUT2D eigenvalue weighted by Gasteiger charge is -2.31. The van der Waals surface area contributed by atoms with Crippen molar-refractivity contribution in [3.63, 3.8) is 0 Å². The fraction of sp³-hybridized carbons (Fsp3) is 0.917. The molecule has 2 N–H and O–H groups in total. The van der Waals surface area contributed by atoms with Gasteiger partial charge in [-0.1, -0.05) is 19.3 Å². The molecule has 0 aromatic carbocycles. The zero-order chi connectivity index (χ0) is 11.4. The number of hydrogen-bond donors (Lipinski definition) is 1. The average Bonchev–Trinajstić information content (AvgIpc) is 2.33. The average molecular weight is 224 g/mol. The van der Waals surface area contributed by atoms with Crippen molar-refractivity contribution in [3.8, 4) is 0 Å². The highest BCUT2D eigenvalue weighted by Gasteiger charge is 2.19. The van der Waals surface area contributed by atoms with Gasteiger partial charge < -0.3 is 10.6 Å². The molecule has 1 aliphatic heterocycles. The molecule has 0 atom stereocenters. The molecule has 0 radical (unpaired) electrons. The van der Waals surface area contributed by atoms with Crippen LogP contribution in [0.4, 0.5) is 0 Å². The van der Waals surface area contributed by atoms with Gasteiger partial charge in [0, 0.05) is 32.1 Å². The van der Waals surface area contributed by atoms with Gasteiger partial charge in [-0.05, 0) is 19.9 Å². The van der Waals surface area contributed by atoms with E-state index in [0.29, 0.717) is 5.92 Å².